The van der Waals surface area contributed by atoms with Crippen LogP contribution < -0.4 is 9.44 Å². The number of carbonyl (C=O) groups is 1. The van der Waals surface area contributed by atoms with Crippen molar-refractivity contribution >= 4 is 16.2 Å². The highest BCUT2D eigenvalue weighted by Crippen LogP contribution is 2.19. The summed E-state index contributed by atoms with van der Waals surface area (Å²) in [6.45, 7) is 3.43. The third-order valence-electron chi connectivity index (χ3n) is 2.55. The smallest absolute Gasteiger partial charge is 0.310 e. The summed E-state index contributed by atoms with van der Waals surface area (Å²) in [4.78, 5) is 11.0. The quantitative estimate of drug-likeness (QED) is 0.492. The molecule has 1 unspecified atom stereocenters. The van der Waals surface area contributed by atoms with Crippen molar-refractivity contribution in [2.75, 3.05) is 26.8 Å². The van der Waals surface area contributed by atoms with E-state index in [1.807, 2.05) is 0 Å². The first kappa shape index (κ1) is 16.3. The van der Waals surface area contributed by atoms with Gasteiger partial charge >= 0.3 is 5.97 Å². The molecule has 0 aliphatic carbocycles. The fourth-order valence-electron chi connectivity index (χ4n) is 0.935. The zero-order chi connectivity index (χ0) is 13.5. The first-order valence-corrected chi connectivity index (χ1v) is 6.72. The molecule has 0 aromatic heterocycles. The monoisotopic (exact) mass is 268 g/mol. The summed E-state index contributed by atoms with van der Waals surface area (Å²) < 4.78 is 32.0. The molecule has 0 saturated heterocycles. The Labute approximate surface area is 102 Å². The molecule has 0 radical (unpaired) electrons. The van der Waals surface area contributed by atoms with Crippen molar-refractivity contribution in [1.29, 1.82) is 0 Å². The van der Waals surface area contributed by atoms with E-state index in [2.05, 4.69) is 9.44 Å². The van der Waals surface area contributed by atoms with Gasteiger partial charge in [-0.3, -0.25) is 4.79 Å². The Morgan fingerprint density at radius 1 is 1.41 bits per heavy atom. The number of hydrogen-bond acceptors (Lipinski definition) is 4. The molecule has 17 heavy (non-hydrogen) atoms. The Morgan fingerprint density at radius 3 is 2.41 bits per heavy atom. The molecule has 0 aliphatic rings. The lowest BCUT2D eigenvalue weighted by molar-refractivity contribution is -0.147. The molecule has 102 valence electrons. The lowest BCUT2D eigenvalue weighted by Crippen LogP contribution is -2.45. The Kier molecular flexibility index (Phi) is 6.61. The van der Waals surface area contributed by atoms with E-state index < -0.39 is 21.6 Å². The van der Waals surface area contributed by atoms with Crippen molar-refractivity contribution in [1.82, 2.24) is 9.44 Å². The molecule has 0 fully saturated rings. The minimum atomic E-state index is -3.67. The van der Waals surface area contributed by atoms with Gasteiger partial charge in [-0.05, 0) is 13.3 Å². The van der Waals surface area contributed by atoms with E-state index in [-0.39, 0.29) is 19.7 Å². The Morgan fingerprint density at radius 2 is 2.00 bits per heavy atom. The van der Waals surface area contributed by atoms with E-state index in [1.165, 1.54) is 14.0 Å². The molecule has 7 nitrogen and oxygen atoms in total. The van der Waals surface area contributed by atoms with Gasteiger partial charge in [-0.15, -0.1) is 0 Å². The van der Waals surface area contributed by atoms with Gasteiger partial charge < -0.3 is 9.84 Å². The molecule has 0 spiro atoms. The lowest BCUT2D eigenvalue weighted by Gasteiger charge is -2.23. The van der Waals surface area contributed by atoms with Crippen LogP contribution in [-0.4, -0.2) is 46.3 Å². The van der Waals surface area contributed by atoms with Gasteiger partial charge in [0, 0.05) is 20.2 Å². The predicted molar refractivity (Wildman–Crippen MR) is 62.8 cm³/mol. The third kappa shape index (κ3) is 5.97. The van der Waals surface area contributed by atoms with Crippen LogP contribution in [0.2, 0.25) is 0 Å². The number of rotatable bonds is 9. The predicted octanol–water partition coefficient (Wildman–Crippen LogP) is -0.442. The number of hydrogen-bond donors (Lipinski definition) is 3. The molecule has 0 bridgehead atoms. The summed E-state index contributed by atoms with van der Waals surface area (Å²) >= 11 is 0. The summed E-state index contributed by atoms with van der Waals surface area (Å²) in [6, 6.07) is 0. The Bertz CT molecular complexity index is 343. The van der Waals surface area contributed by atoms with Crippen LogP contribution in [0.1, 0.15) is 20.3 Å². The molecule has 0 aliphatic heterocycles. The van der Waals surface area contributed by atoms with E-state index in [1.54, 1.807) is 6.92 Å². The molecule has 0 amide bonds. The average molecular weight is 268 g/mol. The highest BCUT2D eigenvalue weighted by atomic mass is 32.2. The minimum absolute atomic E-state index is 0.141. The molecular weight excluding hydrogens is 248 g/mol. The molecule has 1 atom stereocenters. The number of ether oxygens (including phenoxy) is 1. The summed E-state index contributed by atoms with van der Waals surface area (Å²) in [5.41, 5.74) is -1.10. The fraction of sp³-hybridized carbons (Fsp3) is 0.889. The molecule has 0 aromatic rings. The Balaban J connectivity index is 4.30. The lowest BCUT2D eigenvalue weighted by atomic mass is 9.88. The van der Waals surface area contributed by atoms with E-state index in [0.29, 0.717) is 6.42 Å². The van der Waals surface area contributed by atoms with Crippen LogP contribution in [0.25, 0.3) is 0 Å². The maximum Gasteiger partial charge on any atom is 0.310 e. The fourth-order valence-corrected chi connectivity index (χ4v) is 1.90. The second-order valence-corrected chi connectivity index (χ2v) is 5.52. The topological polar surface area (TPSA) is 105 Å². The molecule has 0 heterocycles. The van der Waals surface area contributed by atoms with Crippen molar-refractivity contribution in [2.45, 2.75) is 20.3 Å². The maximum atomic E-state index is 11.4. The van der Waals surface area contributed by atoms with Crippen molar-refractivity contribution in [3.05, 3.63) is 0 Å². The standard InChI is InChI=1S/C9H20N2O5S/c1-4-9(2,8(12)13)7-11-17(14,15)10-5-6-16-3/h10-11H,4-7H2,1-3H3,(H,12,13). The molecule has 0 rings (SSSR count). The second-order valence-electron chi connectivity index (χ2n) is 3.93. The van der Waals surface area contributed by atoms with Crippen LogP contribution >= 0.6 is 0 Å². The van der Waals surface area contributed by atoms with Crippen molar-refractivity contribution < 1.29 is 23.1 Å². The van der Waals surface area contributed by atoms with E-state index >= 15 is 0 Å². The normalized spacial score (nSPS) is 15.5. The zero-order valence-electron chi connectivity index (χ0n) is 10.3. The van der Waals surface area contributed by atoms with Gasteiger partial charge in [0.05, 0.1) is 12.0 Å². The van der Waals surface area contributed by atoms with Crippen LogP contribution in [0, 0.1) is 5.41 Å². The van der Waals surface area contributed by atoms with Crippen molar-refractivity contribution in [2.24, 2.45) is 5.41 Å². The van der Waals surface area contributed by atoms with Gasteiger partial charge in [0.1, 0.15) is 0 Å². The highest BCUT2D eigenvalue weighted by molar-refractivity contribution is 7.87. The van der Waals surface area contributed by atoms with E-state index in [0.717, 1.165) is 0 Å². The van der Waals surface area contributed by atoms with Gasteiger partial charge in [0.25, 0.3) is 10.2 Å². The van der Waals surface area contributed by atoms with Crippen LogP contribution in [0.15, 0.2) is 0 Å². The minimum Gasteiger partial charge on any atom is -0.481 e. The maximum absolute atomic E-state index is 11.4. The van der Waals surface area contributed by atoms with Crippen LogP contribution in [-0.2, 0) is 19.7 Å². The van der Waals surface area contributed by atoms with Gasteiger partial charge in [0.2, 0.25) is 0 Å². The first-order chi connectivity index (χ1) is 7.77. The van der Waals surface area contributed by atoms with Crippen molar-refractivity contribution in [3.63, 3.8) is 0 Å². The van der Waals surface area contributed by atoms with Crippen LogP contribution in [0.5, 0.6) is 0 Å². The van der Waals surface area contributed by atoms with Crippen molar-refractivity contribution in [3.8, 4) is 0 Å². The van der Waals surface area contributed by atoms with E-state index in [4.69, 9.17) is 9.84 Å². The average Bonchev–Trinajstić information content (AvgIpc) is 2.26. The summed E-state index contributed by atoms with van der Waals surface area (Å²) in [7, 11) is -2.22. The molecule has 3 N–H and O–H groups in total. The number of aliphatic carboxylic acids is 1. The molecule has 0 saturated carbocycles. The van der Waals surface area contributed by atoms with Gasteiger partial charge in [-0.1, -0.05) is 6.92 Å². The largest absolute Gasteiger partial charge is 0.481 e. The highest BCUT2D eigenvalue weighted by Gasteiger charge is 2.32. The molecule has 0 aromatic carbocycles. The second kappa shape index (κ2) is 6.90. The first-order valence-electron chi connectivity index (χ1n) is 5.24. The number of carboxylic acids is 1. The summed E-state index contributed by atoms with van der Waals surface area (Å²) in [5, 5.41) is 8.97. The zero-order valence-corrected chi connectivity index (χ0v) is 11.1. The van der Waals surface area contributed by atoms with E-state index in [9.17, 15) is 13.2 Å². The summed E-state index contributed by atoms with van der Waals surface area (Å²) in [5.74, 6) is -1.03. The number of carboxylic acid groups (broad SMARTS) is 1. The Hall–Kier alpha value is -0.700. The number of methoxy groups -OCH3 is 1. The van der Waals surface area contributed by atoms with Crippen LogP contribution in [0.3, 0.4) is 0 Å². The van der Waals surface area contributed by atoms with Crippen LogP contribution in [0.4, 0.5) is 0 Å². The number of nitrogens with one attached hydrogen (secondary N) is 2. The SMILES string of the molecule is CCC(C)(CNS(=O)(=O)NCCOC)C(=O)O. The molecule has 8 heteroatoms. The van der Waals surface area contributed by atoms with Gasteiger partial charge in [-0.2, -0.15) is 13.1 Å². The van der Waals surface area contributed by atoms with Gasteiger partial charge in [0.15, 0.2) is 0 Å². The molecular formula is C9H20N2O5S. The van der Waals surface area contributed by atoms with Gasteiger partial charge in [-0.25, -0.2) is 4.72 Å². The third-order valence-corrected chi connectivity index (χ3v) is 3.66. The summed E-state index contributed by atoms with van der Waals surface area (Å²) in [6.07, 6.45) is 0.336.